The normalized spacial score (nSPS) is 18.4. The van der Waals surface area contributed by atoms with E-state index in [-0.39, 0.29) is 30.5 Å². The zero-order chi connectivity index (χ0) is 25.0. The Balaban J connectivity index is 1.44. The Hall–Kier alpha value is -4.66. The summed E-state index contributed by atoms with van der Waals surface area (Å²) in [6.45, 7) is 0.0700. The molecule has 1 N–H and O–H groups in total. The van der Waals surface area contributed by atoms with E-state index in [2.05, 4.69) is 0 Å². The van der Waals surface area contributed by atoms with Crippen LogP contribution >= 0.6 is 0 Å². The first-order valence-corrected chi connectivity index (χ1v) is 11.1. The van der Waals surface area contributed by atoms with Crippen LogP contribution in [0, 0.1) is 0 Å². The Bertz CT molecular complexity index is 1470. The summed E-state index contributed by atoms with van der Waals surface area (Å²) in [6.07, 6.45) is 1.58. The Labute approximate surface area is 205 Å². The summed E-state index contributed by atoms with van der Waals surface area (Å²) in [4.78, 5) is 25.7. The fraction of sp³-hybridized carbons (Fsp3) is 0.185. The minimum Gasteiger partial charge on any atom is -0.504 e. The molecule has 0 saturated heterocycles. The number of fused-ring (bicyclic) bond motifs is 4. The van der Waals surface area contributed by atoms with E-state index in [9.17, 15) is 14.7 Å². The first-order valence-electron chi connectivity index (χ1n) is 11.1. The molecule has 9 heteroatoms. The van der Waals surface area contributed by atoms with E-state index in [0.717, 1.165) is 5.56 Å². The van der Waals surface area contributed by atoms with Crippen molar-refractivity contribution in [3.05, 3.63) is 70.5 Å². The quantitative estimate of drug-likeness (QED) is 0.328. The van der Waals surface area contributed by atoms with E-state index in [1.54, 1.807) is 42.5 Å². The molecule has 3 heterocycles. The van der Waals surface area contributed by atoms with E-state index in [1.165, 1.54) is 20.3 Å². The molecule has 3 aliphatic rings. The van der Waals surface area contributed by atoms with Crippen LogP contribution in [0.1, 0.15) is 39.4 Å². The average molecular weight is 488 g/mol. The number of Topliss-reactive ketones (excluding diaryl/α,β-unsaturated/α-hetero) is 1. The molecule has 3 aromatic carbocycles. The number of carbonyl (C=O) groups is 2. The number of phenols is 1. The number of hydrogen-bond donors (Lipinski definition) is 1. The van der Waals surface area contributed by atoms with Gasteiger partial charge in [0.05, 0.1) is 26.2 Å². The first-order chi connectivity index (χ1) is 17.5. The Morgan fingerprint density at radius 1 is 0.917 bits per heavy atom. The SMILES string of the molecule is COc1ccc(/C=C2\Oc3c(ccc4c3[C@H](c3cc(OC)c5c(c3)OCO5)CC(=O)O4)C2=O)cc1O. The summed E-state index contributed by atoms with van der Waals surface area (Å²) in [6, 6.07) is 11.5. The molecular formula is C27H20O9. The molecule has 0 spiro atoms. The maximum atomic E-state index is 13.2. The second-order valence-corrected chi connectivity index (χ2v) is 8.41. The molecule has 0 aromatic heterocycles. The van der Waals surface area contributed by atoms with Crippen LogP contribution in [0.15, 0.2) is 48.2 Å². The van der Waals surface area contributed by atoms with Crippen LogP contribution in [0.2, 0.25) is 0 Å². The van der Waals surface area contributed by atoms with Crippen molar-refractivity contribution in [1.82, 2.24) is 0 Å². The number of methoxy groups -OCH3 is 2. The fourth-order valence-corrected chi connectivity index (χ4v) is 4.69. The number of phenolic OH excluding ortho intramolecular Hbond substituents is 1. The van der Waals surface area contributed by atoms with Crippen LogP contribution < -0.4 is 28.4 Å². The molecule has 9 nitrogen and oxygen atoms in total. The van der Waals surface area contributed by atoms with Crippen molar-refractivity contribution in [2.24, 2.45) is 0 Å². The highest BCUT2D eigenvalue weighted by Crippen LogP contribution is 2.51. The second kappa shape index (κ2) is 8.23. The number of allylic oxidation sites excluding steroid dienone is 1. The van der Waals surface area contributed by atoms with Crippen LogP contribution in [0.5, 0.6) is 40.2 Å². The molecule has 0 radical (unpaired) electrons. The van der Waals surface area contributed by atoms with Crippen LogP contribution in [0.25, 0.3) is 6.08 Å². The second-order valence-electron chi connectivity index (χ2n) is 8.41. The van der Waals surface area contributed by atoms with Gasteiger partial charge in [0.25, 0.3) is 0 Å². The highest BCUT2D eigenvalue weighted by molar-refractivity contribution is 6.15. The van der Waals surface area contributed by atoms with Gasteiger partial charge in [-0.3, -0.25) is 9.59 Å². The van der Waals surface area contributed by atoms with E-state index >= 15 is 0 Å². The maximum Gasteiger partial charge on any atom is 0.312 e. The first kappa shape index (κ1) is 21.8. The molecular weight excluding hydrogens is 468 g/mol. The van der Waals surface area contributed by atoms with Crippen LogP contribution in [-0.2, 0) is 4.79 Å². The number of esters is 1. The van der Waals surface area contributed by atoms with Gasteiger partial charge in [0.1, 0.15) is 11.5 Å². The van der Waals surface area contributed by atoms with Crippen LogP contribution in [-0.4, -0.2) is 37.9 Å². The zero-order valence-corrected chi connectivity index (χ0v) is 19.3. The lowest BCUT2D eigenvalue weighted by atomic mass is 9.84. The lowest BCUT2D eigenvalue weighted by Gasteiger charge is -2.26. The molecule has 3 aromatic rings. The number of aromatic hydroxyl groups is 1. The molecule has 36 heavy (non-hydrogen) atoms. The summed E-state index contributed by atoms with van der Waals surface area (Å²) in [5.41, 5.74) is 2.23. The number of hydrogen-bond acceptors (Lipinski definition) is 9. The van der Waals surface area contributed by atoms with Crippen molar-refractivity contribution >= 4 is 17.8 Å². The summed E-state index contributed by atoms with van der Waals surface area (Å²) in [5, 5.41) is 10.1. The van der Waals surface area contributed by atoms with Gasteiger partial charge >= 0.3 is 5.97 Å². The summed E-state index contributed by atoms with van der Waals surface area (Å²) in [7, 11) is 2.98. The highest BCUT2D eigenvalue weighted by Gasteiger charge is 2.39. The van der Waals surface area contributed by atoms with E-state index in [0.29, 0.717) is 51.2 Å². The number of benzene rings is 3. The minimum atomic E-state index is -0.475. The largest absolute Gasteiger partial charge is 0.504 e. The van der Waals surface area contributed by atoms with Crippen LogP contribution in [0.4, 0.5) is 0 Å². The Kier molecular flexibility index (Phi) is 4.99. The molecule has 0 bridgehead atoms. The van der Waals surface area contributed by atoms with Crippen molar-refractivity contribution in [3.8, 4) is 40.2 Å². The molecule has 1 atom stereocenters. The number of ketones is 1. The fourth-order valence-electron chi connectivity index (χ4n) is 4.69. The predicted molar refractivity (Wildman–Crippen MR) is 125 cm³/mol. The third-order valence-corrected chi connectivity index (χ3v) is 6.36. The molecule has 0 aliphatic carbocycles. The third-order valence-electron chi connectivity index (χ3n) is 6.36. The molecule has 0 unspecified atom stereocenters. The molecule has 182 valence electrons. The van der Waals surface area contributed by atoms with Gasteiger partial charge in [0.15, 0.2) is 28.8 Å². The summed E-state index contributed by atoms with van der Waals surface area (Å²) >= 11 is 0. The lowest BCUT2D eigenvalue weighted by Crippen LogP contribution is -2.21. The minimum absolute atomic E-state index is 0.0369. The topological polar surface area (TPSA) is 110 Å². The van der Waals surface area contributed by atoms with Crippen molar-refractivity contribution in [2.75, 3.05) is 21.0 Å². The molecule has 6 rings (SSSR count). The van der Waals surface area contributed by atoms with Gasteiger partial charge < -0.3 is 33.5 Å². The van der Waals surface area contributed by atoms with Crippen molar-refractivity contribution in [1.29, 1.82) is 0 Å². The van der Waals surface area contributed by atoms with Crippen molar-refractivity contribution < 1.29 is 43.1 Å². The number of carbonyl (C=O) groups excluding carboxylic acids is 2. The van der Waals surface area contributed by atoms with Gasteiger partial charge in [-0.15, -0.1) is 0 Å². The van der Waals surface area contributed by atoms with Crippen molar-refractivity contribution in [2.45, 2.75) is 12.3 Å². The third kappa shape index (κ3) is 3.39. The average Bonchev–Trinajstić information content (AvgIpc) is 3.47. The maximum absolute atomic E-state index is 13.2. The lowest BCUT2D eigenvalue weighted by molar-refractivity contribution is -0.135. The van der Waals surface area contributed by atoms with Crippen LogP contribution in [0.3, 0.4) is 0 Å². The highest BCUT2D eigenvalue weighted by atomic mass is 16.7. The van der Waals surface area contributed by atoms with Gasteiger partial charge in [-0.25, -0.2) is 0 Å². The van der Waals surface area contributed by atoms with Gasteiger partial charge in [-0.1, -0.05) is 6.07 Å². The van der Waals surface area contributed by atoms with E-state index < -0.39 is 11.9 Å². The molecule has 0 fully saturated rings. The van der Waals surface area contributed by atoms with E-state index in [4.69, 9.17) is 28.4 Å². The van der Waals surface area contributed by atoms with Crippen molar-refractivity contribution in [3.63, 3.8) is 0 Å². The molecule has 3 aliphatic heterocycles. The monoisotopic (exact) mass is 488 g/mol. The zero-order valence-electron chi connectivity index (χ0n) is 19.3. The molecule has 0 amide bonds. The Morgan fingerprint density at radius 2 is 1.75 bits per heavy atom. The summed E-state index contributed by atoms with van der Waals surface area (Å²) < 4.78 is 33.2. The predicted octanol–water partition coefficient (Wildman–Crippen LogP) is 4.20. The standard InChI is InChI=1S/C27H20O9/c1-31-18-5-3-13(7-17(18)28)8-20-25(30)15-4-6-19-24(26(15)36-20)16(11-23(29)35-19)14-9-21(32-2)27-22(10-14)33-12-34-27/h3-10,16,28H,11-12H2,1-2H3/b20-8-/t16-/m0/s1. The number of rotatable bonds is 4. The smallest absolute Gasteiger partial charge is 0.312 e. The Morgan fingerprint density at radius 3 is 2.53 bits per heavy atom. The van der Waals surface area contributed by atoms with Gasteiger partial charge in [-0.2, -0.15) is 0 Å². The van der Waals surface area contributed by atoms with Gasteiger partial charge in [-0.05, 0) is 53.6 Å². The van der Waals surface area contributed by atoms with Gasteiger partial charge in [0.2, 0.25) is 18.3 Å². The number of ether oxygens (including phenoxy) is 6. The molecule has 0 saturated carbocycles. The van der Waals surface area contributed by atoms with Gasteiger partial charge in [0, 0.05) is 11.5 Å². The summed E-state index contributed by atoms with van der Waals surface area (Å²) in [5.74, 6) is 1.28. The van der Waals surface area contributed by atoms with E-state index in [1.807, 2.05) is 0 Å².